The van der Waals surface area contributed by atoms with Gasteiger partial charge in [-0.05, 0) is 28.7 Å². The lowest BCUT2D eigenvalue weighted by Gasteiger charge is -2.01. The van der Waals surface area contributed by atoms with E-state index >= 15 is 0 Å². The second-order valence-corrected chi connectivity index (χ2v) is 4.99. The average Bonchev–Trinajstić information content (AvgIpc) is 3.01. The number of aromatic nitrogens is 2. The van der Waals surface area contributed by atoms with Gasteiger partial charge in [0.25, 0.3) is 0 Å². The molecule has 22 heavy (non-hydrogen) atoms. The Kier molecular flexibility index (Phi) is 3.25. The monoisotopic (exact) mass is 299 g/mol. The molecule has 0 fully saturated rings. The van der Waals surface area contributed by atoms with Crippen LogP contribution in [0.1, 0.15) is 21.7 Å². The topological polar surface area (TPSA) is 87.3 Å². The molecule has 0 radical (unpaired) electrons. The van der Waals surface area contributed by atoms with Crippen LogP contribution in [-0.2, 0) is 13.5 Å². The molecule has 0 aliphatic heterocycles. The highest BCUT2D eigenvalue weighted by atomic mass is 16.6. The summed E-state index contributed by atoms with van der Waals surface area (Å²) in [4.78, 5) is 26.7. The molecule has 0 unspecified atom stereocenters. The quantitative estimate of drug-likeness (QED) is 0.492. The van der Waals surface area contributed by atoms with Crippen molar-refractivity contribution in [2.24, 2.45) is 7.05 Å². The Bertz CT molecular complexity index is 820. The van der Waals surface area contributed by atoms with Crippen LogP contribution in [0, 0.1) is 10.1 Å². The summed E-state index contributed by atoms with van der Waals surface area (Å²) >= 11 is 0. The second-order valence-electron chi connectivity index (χ2n) is 4.99. The molecule has 1 aliphatic carbocycles. The molecule has 2 aromatic rings. The van der Waals surface area contributed by atoms with E-state index in [1.807, 2.05) is 6.07 Å². The van der Waals surface area contributed by atoms with Crippen molar-refractivity contribution >= 4 is 17.7 Å². The van der Waals surface area contributed by atoms with Gasteiger partial charge >= 0.3 is 5.82 Å². The molecular formula is C15H13N3O4. The van der Waals surface area contributed by atoms with Crippen LogP contribution >= 0.6 is 0 Å². The van der Waals surface area contributed by atoms with E-state index in [0.29, 0.717) is 29.1 Å². The third-order valence-electron chi connectivity index (χ3n) is 3.72. The molecule has 1 aliphatic rings. The second kappa shape index (κ2) is 5.10. The average molecular weight is 299 g/mol. The standard InChI is InChI=1S/C15H13N3O4/c1-17-13(16-8-14(17)18(20)21)7-10-5-9-6-11(22-2)3-4-12(9)15(10)19/h3-4,6-8H,5H2,1-2H3. The molecule has 0 bridgehead atoms. The lowest BCUT2D eigenvalue weighted by Crippen LogP contribution is -2.01. The van der Waals surface area contributed by atoms with Crippen molar-refractivity contribution in [3.05, 3.63) is 57.0 Å². The SMILES string of the molecule is COc1ccc2c(c1)CC(=Cc1ncc([N+](=O)[O-])n1C)C2=O. The number of fused-ring (bicyclic) bond motifs is 1. The minimum Gasteiger partial charge on any atom is -0.497 e. The molecule has 7 heteroatoms. The summed E-state index contributed by atoms with van der Waals surface area (Å²) in [6, 6.07) is 5.30. The van der Waals surface area contributed by atoms with Crippen LogP contribution in [0.25, 0.3) is 6.08 Å². The number of carbonyl (C=O) groups is 1. The molecule has 0 saturated heterocycles. The van der Waals surface area contributed by atoms with E-state index in [-0.39, 0.29) is 11.6 Å². The van der Waals surface area contributed by atoms with Crippen LogP contribution in [0.2, 0.25) is 0 Å². The maximum atomic E-state index is 12.4. The summed E-state index contributed by atoms with van der Waals surface area (Å²) in [5.41, 5.74) is 2.09. The van der Waals surface area contributed by atoms with Gasteiger partial charge in [0.15, 0.2) is 5.78 Å². The first-order valence-electron chi connectivity index (χ1n) is 6.59. The fraction of sp³-hybridized carbons (Fsp3) is 0.200. The zero-order valence-electron chi connectivity index (χ0n) is 12.1. The summed E-state index contributed by atoms with van der Waals surface area (Å²) in [6.45, 7) is 0. The number of carbonyl (C=O) groups excluding carboxylic acids is 1. The molecule has 1 aromatic heterocycles. The summed E-state index contributed by atoms with van der Waals surface area (Å²) in [6.07, 6.45) is 3.25. The van der Waals surface area contributed by atoms with Gasteiger partial charge in [0.05, 0.1) is 14.2 Å². The Labute approximate surface area is 126 Å². The highest BCUT2D eigenvalue weighted by molar-refractivity contribution is 6.15. The Morgan fingerprint density at radius 1 is 1.45 bits per heavy atom. The number of hydrogen-bond donors (Lipinski definition) is 0. The van der Waals surface area contributed by atoms with Crippen molar-refractivity contribution in [1.29, 1.82) is 0 Å². The van der Waals surface area contributed by atoms with Crippen LogP contribution < -0.4 is 4.74 Å². The third kappa shape index (κ3) is 2.16. The minimum atomic E-state index is -0.509. The van der Waals surface area contributed by atoms with Crippen LogP contribution in [0.5, 0.6) is 5.75 Å². The van der Waals surface area contributed by atoms with Gasteiger partial charge in [-0.1, -0.05) is 0 Å². The maximum Gasteiger partial charge on any atom is 0.342 e. The van der Waals surface area contributed by atoms with E-state index in [9.17, 15) is 14.9 Å². The summed E-state index contributed by atoms with van der Waals surface area (Å²) in [5.74, 6) is 0.884. The lowest BCUT2D eigenvalue weighted by molar-refractivity contribution is -0.391. The number of allylic oxidation sites excluding steroid dienone is 1. The molecule has 3 rings (SSSR count). The highest BCUT2D eigenvalue weighted by Gasteiger charge is 2.26. The molecule has 0 N–H and O–H groups in total. The van der Waals surface area contributed by atoms with Gasteiger partial charge in [-0.3, -0.25) is 4.79 Å². The first kappa shape index (κ1) is 14.0. The van der Waals surface area contributed by atoms with Crippen molar-refractivity contribution in [3.63, 3.8) is 0 Å². The zero-order chi connectivity index (χ0) is 15.9. The zero-order valence-corrected chi connectivity index (χ0v) is 12.1. The molecule has 0 amide bonds. The van der Waals surface area contributed by atoms with Gasteiger partial charge in [-0.2, -0.15) is 0 Å². The Morgan fingerprint density at radius 2 is 2.23 bits per heavy atom. The number of imidazole rings is 1. The predicted octanol–water partition coefficient (Wildman–Crippen LogP) is 2.16. The van der Waals surface area contributed by atoms with Crippen molar-refractivity contribution in [2.45, 2.75) is 6.42 Å². The molecule has 0 atom stereocenters. The number of methoxy groups -OCH3 is 1. The van der Waals surface area contributed by atoms with E-state index in [0.717, 1.165) is 5.56 Å². The number of rotatable bonds is 3. The van der Waals surface area contributed by atoms with Crippen molar-refractivity contribution in [3.8, 4) is 5.75 Å². The fourth-order valence-electron chi connectivity index (χ4n) is 2.51. The van der Waals surface area contributed by atoms with Gasteiger partial charge in [-0.25, -0.2) is 9.55 Å². The molecule has 1 aromatic carbocycles. The molecule has 112 valence electrons. The summed E-state index contributed by atoms with van der Waals surface area (Å²) in [7, 11) is 3.12. The number of Topliss-reactive ketones (excluding diaryl/α,β-unsaturated/α-hetero) is 1. The van der Waals surface area contributed by atoms with Crippen molar-refractivity contribution in [1.82, 2.24) is 9.55 Å². The number of ether oxygens (including phenoxy) is 1. The van der Waals surface area contributed by atoms with Crippen LogP contribution in [0.15, 0.2) is 30.0 Å². The van der Waals surface area contributed by atoms with E-state index < -0.39 is 4.92 Å². The summed E-state index contributed by atoms with van der Waals surface area (Å²) < 4.78 is 6.51. The number of benzene rings is 1. The van der Waals surface area contributed by atoms with Crippen molar-refractivity contribution in [2.75, 3.05) is 7.11 Å². The molecular weight excluding hydrogens is 286 g/mol. The fourth-order valence-corrected chi connectivity index (χ4v) is 2.51. The number of ketones is 1. The lowest BCUT2D eigenvalue weighted by atomic mass is 10.1. The van der Waals surface area contributed by atoms with Crippen LogP contribution in [0.4, 0.5) is 5.82 Å². The van der Waals surface area contributed by atoms with Crippen LogP contribution in [-0.4, -0.2) is 27.4 Å². The predicted molar refractivity (Wildman–Crippen MR) is 78.9 cm³/mol. The normalized spacial score (nSPS) is 15.2. The molecule has 1 heterocycles. The third-order valence-corrected chi connectivity index (χ3v) is 3.72. The van der Waals surface area contributed by atoms with Gasteiger partial charge in [0, 0.05) is 23.6 Å². The Morgan fingerprint density at radius 3 is 2.86 bits per heavy atom. The number of nitro groups is 1. The Hall–Kier alpha value is -2.96. The van der Waals surface area contributed by atoms with Gasteiger partial charge in [0.2, 0.25) is 5.82 Å². The van der Waals surface area contributed by atoms with Gasteiger partial charge in [0.1, 0.15) is 11.9 Å². The van der Waals surface area contributed by atoms with E-state index in [1.54, 1.807) is 32.4 Å². The molecule has 0 spiro atoms. The largest absolute Gasteiger partial charge is 0.497 e. The van der Waals surface area contributed by atoms with E-state index in [1.165, 1.54) is 10.8 Å². The maximum absolute atomic E-state index is 12.4. The van der Waals surface area contributed by atoms with Gasteiger partial charge < -0.3 is 14.9 Å². The first-order chi connectivity index (χ1) is 10.5. The van der Waals surface area contributed by atoms with Crippen molar-refractivity contribution < 1.29 is 14.5 Å². The molecule has 7 nitrogen and oxygen atoms in total. The number of hydrogen-bond acceptors (Lipinski definition) is 5. The highest BCUT2D eigenvalue weighted by Crippen LogP contribution is 2.30. The van der Waals surface area contributed by atoms with Gasteiger partial charge in [-0.15, -0.1) is 0 Å². The van der Waals surface area contributed by atoms with Crippen LogP contribution in [0.3, 0.4) is 0 Å². The first-order valence-corrected chi connectivity index (χ1v) is 6.59. The van der Waals surface area contributed by atoms with E-state index in [4.69, 9.17) is 4.74 Å². The Balaban J connectivity index is 1.97. The molecule has 0 saturated carbocycles. The summed E-state index contributed by atoms with van der Waals surface area (Å²) in [5, 5.41) is 10.8. The number of nitrogens with zero attached hydrogens (tertiary/aromatic N) is 3. The van der Waals surface area contributed by atoms with E-state index in [2.05, 4.69) is 4.98 Å². The smallest absolute Gasteiger partial charge is 0.342 e. The minimum absolute atomic E-state index is 0.0803.